The Morgan fingerprint density at radius 1 is 0.821 bits per heavy atom. The molecule has 0 saturated carbocycles. The number of aromatic hydroxyl groups is 1. The van der Waals surface area contributed by atoms with Gasteiger partial charge >= 0.3 is 0 Å². The van der Waals surface area contributed by atoms with Crippen molar-refractivity contribution in [2.24, 2.45) is 0 Å². The molecule has 0 aliphatic carbocycles. The van der Waals surface area contributed by atoms with E-state index in [0.29, 0.717) is 12.3 Å². The number of rotatable bonds is 18. The summed E-state index contributed by atoms with van der Waals surface area (Å²) < 4.78 is 23.0. The lowest BCUT2D eigenvalue weighted by molar-refractivity contribution is 0.470. The van der Waals surface area contributed by atoms with Crippen LogP contribution >= 0.6 is 0 Å². The molecule has 4 nitrogen and oxygen atoms in total. The predicted octanol–water partition coefficient (Wildman–Crippen LogP) is 6.09. The highest BCUT2D eigenvalue weighted by atomic mass is 32.2. The molecule has 0 aromatic heterocycles. The van der Waals surface area contributed by atoms with Gasteiger partial charge in [0.1, 0.15) is 5.75 Å². The molecule has 28 heavy (non-hydrogen) atoms. The van der Waals surface area contributed by atoms with Crippen LogP contribution in [0.5, 0.6) is 5.75 Å². The van der Waals surface area contributed by atoms with Gasteiger partial charge in [-0.15, -0.1) is 0 Å². The Balaban J connectivity index is 1.77. The molecule has 162 valence electrons. The third-order valence-electron chi connectivity index (χ3n) is 5.39. The van der Waals surface area contributed by atoms with Crippen LogP contribution in [0.1, 0.15) is 101 Å². The Hall–Kier alpha value is -0.910. The minimum atomic E-state index is -2.10. The average molecular weight is 411 g/mol. The molecule has 2 N–H and O–H groups in total. The van der Waals surface area contributed by atoms with Crippen molar-refractivity contribution in [2.75, 3.05) is 6.54 Å². The maximum absolute atomic E-state index is 10.3. The van der Waals surface area contributed by atoms with Crippen molar-refractivity contribution in [1.82, 2.24) is 4.72 Å². The van der Waals surface area contributed by atoms with Crippen LogP contribution in [-0.4, -0.2) is 20.4 Å². The number of phenols is 1. The second kappa shape index (κ2) is 17.0. The lowest BCUT2D eigenvalue weighted by Gasteiger charge is -2.06. The van der Waals surface area contributed by atoms with Crippen molar-refractivity contribution in [3.63, 3.8) is 0 Å². The van der Waals surface area contributed by atoms with Gasteiger partial charge in [0.05, 0.1) is 0 Å². The number of phenolic OH excluding ortho intramolecular Hbond substituents is 1. The Labute approximate surface area is 174 Å². The number of hydrogen-bond donors (Lipinski definition) is 2. The second-order valence-corrected chi connectivity index (χ2v) is 8.71. The summed E-state index contributed by atoms with van der Waals surface area (Å²) in [6.07, 6.45) is 18.9. The molecular formula is C23H40NO3S-. The van der Waals surface area contributed by atoms with Crippen LogP contribution in [0.3, 0.4) is 0 Å². The fraction of sp³-hybridized carbons (Fsp3) is 0.739. The van der Waals surface area contributed by atoms with E-state index in [2.05, 4.69) is 10.8 Å². The van der Waals surface area contributed by atoms with E-state index in [1.807, 2.05) is 19.1 Å². The first-order valence-corrected chi connectivity index (χ1v) is 12.3. The van der Waals surface area contributed by atoms with Gasteiger partial charge in [-0.05, 0) is 43.4 Å². The Kier molecular flexibility index (Phi) is 15.2. The van der Waals surface area contributed by atoms with Crippen molar-refractivity contribution in [2.45, 2.75) is 103 Å². The predicted molar refractivity (Wildman–Crippen MR) is 118 cm³/mol. The molecule has 0 fully saturated rings. The van der Waals surface area contributed by atoms with E-state index in [4.69, 9.17) is 0 Å². The largest absolute Gasteiger partial charge is 0.760 e. The third kappa shape index (κ3) is 14.1. The Morgan fingerprint density at radius 3 is 1.75 bits per heavy atom. The van der Waals surface area contributed by atoms with Gasteiger partial charge in [0, 0.05) is 17.8 Å². The van der Waals surface area contributed by atoms with Gasteiger partial charge in [-0.1, -0.05) is 89.2 Å². The van der Waals surface area contributed by atoms with E-state index >= 15 is 0 Å². The van der Waals surface area contributed by atoms with Crippen molar-refractivity contribution in [3.8, 4) is 5.75 Å². The Morgan fingerprint density at radius 2 is 1.29 bits per heavy atom. The summed E-state index contributed by atoms with van der Waals surface area (Å²) in [5.41, 5.74) is 2.20. The number of unbranched alkanes of at least 4 members (excludes halogenated alkanes) is 13. The highest BCUT2D eigenvalue weighted by Crippen LogP contribution is 2.19. The lowest BCUT2D eigenvalue weighted by Crippen LogP contribution is -2.17. The van der Waals surface area contributed by atoms with Crippen LogP contribution < -0.4 is 4.72 Å². The summed E-state index contributed by atoms with van der Waals surface area (Å²) in [4.78, 5) is 0. The summed E-state index contributed by atoms with van der Waals surface area (Å²) in [6.45, 7) is 2.51. The first-order valence-electron chi connectivity index (χ1n) is 11.2. The molecule has 1 unspecified atom stereocenters. The van der Waals surface area contributed by atoms with Crippen LogP contribution in [-0.2, 0) is 17.7 Å². The van der Waals surface area contributed by atoms with E-state index in [0.717, 1.165) is 24.8 Å². The summed E-state index contributed by atoms with van der Waals surface area (Å²) in [6, 6.07) is 6.04. The average Bonchev–Trinajstić information content (AvgIpc) is 2.66. The minimum absolute atomic E-state index is 0.421. The van der Waals surface area contributed by atoms with Gasteiger partial charge in [-0.25, -0.2) is 4.72 Å². The molecule has 0 aliphatic heterocycles. The minimum Gasteiger partial charge on any atom is -0.760 e. The lowest BCUT2D eigenvalue weighted by atomic mass is 10.0. The quantitative estimate of drug-likeness (QED) is 0.227. The van der Waals surface area contributed by atoms with Gasteiger partial charge in [0.15, 0.2) is 0 Å². The van der Waals surface area contributed by atoms with Crippen LogP contribution in [0, 0.1) is 6.92 Å². The maximum atomic E-state index is 10.3. The molecule has 0 aliphatic rings. The molecule has 1 rings (SSSR count). The topological polar surface area (TPSA) is 72.4 Å². The van der Waals surface area contributed by atoms with Crippen LogP contribution in [0.2, 0.25) is 0 Å². The standard InChI is InChI=1S/C23H41NO3S/c1-21-17-18-22(20-23(21)25)16-14-12-10-8-6-4-2-3-5-7-9-11-13-15-19-24-28(26)27/h17-18,20,24-25H,2-16,19H2,1H3,(H,26,27)/p-1. The van der Waals surface area contributed by atoms with Gasteiger partial charge < -0.3 is 9.66 Å². The van der Waals surface area contributed by atoms with E-state index < -0.39 is 11.3 Å². The van der Waals surface area contributed by atoms with Gasteiger partial charge in [0.2, 0.25) is 0 Å². The zero-order chi connectivity index (χ0) is 20.5. The van der Waals surface area contributed by atoms with E-state index in [1.54, 1.807) is 0 Å². The highest BCUT2D eigenvalue weighted by molar-refractivity contribution is 7.77. The van der Waals surface area contributed by atoms with Gasteiger partial charge in [-0.3, -0.25) is 4.21 Å². The van der Waals surface area contributed by atoms with Crippen LogP contribution in [0.25, 0.3) is 0 Å². The SMILES string of the molecule is Cc1ccc(CCCCCCCCCCCCCCCCNS(=O)[O-])cc1O. The van der Waals surface area contributed by atoms with Crippen molar-refractivity contribution < 1.29 is 13.9 Å². The fourth-order valence-electron chi connectivity index (χ4n) is 3.54. The van der Waals surface area contributed by atoms with Gasteiger partial charge in [-0.2, -0.15) is 0 Å². The maximum Gasteiger partial charge on any atom is 0.118 e. The molecule has 0 heterocycles. The number of nitrogens with one attached hydrogen (secondary N) is 1. The first-order chi connectivity index (χ1) is 13.6. The van der Waals surface area contributed by atoms with Crippen LogP contribution in [0.15, 0.2) is 18.2 Å². The smallest absolute Gasteiger partial charge is 0.118 e. The number of benzene rings is 1. The molecule has 0 radical (unpaired) electrons. The molecule has 0 amide bonds. The van der Waals surface area contributed by atoms with Crippen LogP contribution in [0.4, 0.5) is 0 Å². The van der Waals surface area contributed by atoms with E-state index in [9.17, 15) is 13.9 Å². The van der Waals surface area contributed by atoms with Crippen molar-refractivity contribution in [1.29, 1.82) is 0 Å². The molecule has 0 bridgehead atoms. The molecule has 1 aromatic carbocycles. The molecule has 1 atom stereocenters. The number of aryl methyl sites for hydroxylation is 2. The molecule has 1 aromatic rings. The first kappa shape index (κ1) is 25.1. The highest BCUT2D eigenvalue weighted by Gasteiger charge is 1.99. The van der Waals surface area contributed by atoms with Gasteiger partial charge in [0.25, 0.3) is 0 Å². The molecule has 5 heteroatoms. The van der Waals surface area contributed by atoms with Crippen molar-refractivity contribution >= 4 is 11.3 Å². The number of hydrogen-bond acceptors (Lipinski definition) is 3. The summed E-state index contributed by atoms with van der Waals surface area (Å²) >= 11 is -2.10. The third-order valence-corrected chi connectivity index (χ3v) is 5.83. The summed E-state index contributed by atoms with van der Waals surface area (Å²) in [5, 5.41) is 9.73. The molecular weight excluding hydrogens is 370 g/mol. The molecule has 0 spiro atoms. The summed E-state index contributed by atoms with van der Waals surface area (Å²) in [5.74, 6) is 0.421. The normalized spacial score (nSPS) is 12.4. The summed E-state index contributed by atoms with van der Waals surface area (Å²) in [7, 11) is 0. The fourth-order valence-corrected chi connectivity index (χ4v) is 3.85. The zero-order valence-corrected chi connectivity index (χ0v) is 18.5. The molecule has 0 saturated heterocycles. The zero-order valence-electron chi connectivity index (χ0n) is 17.7. The second-order valence-electron chi connectivity index (χ2n) is 7.95. The Bertz CT molecular complexity index is 537. The van der Waals surface area contributed by atoms with E-state index in [1.165, 1.54) is 82.6 Å². The van der Waals surface area contributed by atoms with E-state index in [-0.39, 0.29) is 0 Å². The van der Waals surface area contributed by atoms with Crippen molar-refractivity contribution in [3.05, 3.63) is 29.3 Å². The monoisotopic (exact) mass is 410 g/mol.